The first kappa shape index (κ1) is 23.6. The second-order valence-corrected chi connectivity index (χ2v) is 11.3. The van der Waals surface area contributed by atoms with E-state index in [-0.39, 0.29) is 18.5 Å². The first-order valence-electron chi connectivity index (χ1n) is 12.3. The van der Waals surface area contributed by atoms with Gasteiger partial charge in [-0.05, 0) is 61.7 Å². The van der Waals surface area contributed by atoms with Crippen molar-refractivity contribution in [3.63, 3.8) is 0 Å². The normalized spacial score (nSPS) is 16.2. The molecule has 0 spiro atoms. The molecule has 3 aromatic heterocycles. The van der Waals surface area contributed by atoms with E-state index in [0.717, 1.165) is 39.9 Å². The van der Waals surface area contributed by atoms with E-state index in [1.807, 2.05) is 43.3 Å². The number of piperidine rings is 1. The average molecular weight is 518 g/mol. The van der Waals surface area contributed by atoms with Crippen molar-refractivity contribution in [2.45, 2.75) is 31.4 Å². The maximum Gasteiger partial charge on any atom is 0.231 e. The van der Waals surface area contributed by atoms with Gasteiger partial charge in [-0.1, -0.05) is 12.1 Å². The highest BCUT2D eigenvalue weighted by molar-refractivity contribution is 7.88. The molecule has 6 rings (SSSR count). The monoisotopic (exact) mass is 517 g/mol. The fraction of sp³-hybridized carbons (Fsp3) is 0.296. The third-order valence-electron chi connectivity index (χ3n) is 6.82. The van der Waals surface area contributed by atoms with Gasteiger partial charge in [-0.2, -0.15) is 0 Å². The molecule has 5 heterocycles. The van der Waals surface area contributed by atoms with Crippen molar-refractivity contribution in [3.05, 3.63) is 78.0 Å². The molecule has 4 aromatic rings. The Labute approximate surface area is 215 Å². The highest BCUT2D eigenvalue weighted by Gasteiger charge is 2.31. The predicted molar refractivity (Wildman–Crippen MR) is 139 cm³/mol. The summed E-state index contributed by atoms with van der Waals surface area (Å²) in [5.74, 6) is 2.32. The van der Waals surface area contributed by atoms with Gasteiger partial charge in [0, 0.05) is 42.7 Å². The van der Waals surface area contributed by atoms with E-state index in [4.69, 9.17) is 19.4 Å². The summed E-state index contributed by atoms with van der Waals surface area (Å²) in [6, 6.07) is 15.3. The van der Waals surface area contributed by atoms with Gasteiger partial charge in [-0.3, -0.25) is 9.97 Å². The minimum atomic E-state index is -3.41. The number of H-pyrrole nitrogens is 1. The number of imidazole rings is 1. The highest BCUT2D eigenvalue weighted by Crippen LogP contribution is 2.39. The molecule has 9 nitrogen and oxygen atoms in total. The first-order valence-corrected chi connectivity index (χ1v) is 13.9. The number of nitrogens with one attached hydrogen (secondary N) is 1. The van der Waals surface area contributed by atoms with Gasteiger partial charge in [0.15, 0.2) is 11.5 Å². The van der Waals surface area contributed by atoms with Crippen molar-refractivity contribution in [3.8, 4) is 34.1 Å². The van der Waals surface area contributed by atoms with Crippen molar-refractivity contribution >= 4 is 10.0 Å². The van der Waals surface area contributed by atoms with Crippen molar-refractivity contribution in [2.75, 3.05) is 19.9 Å². The summed E-state index contributed by atoms with van der Waals surface area (Å²) in [6.07, 6.45) is 4.61. The highest BCUT2D eigenvalue weighted by atomic mass is 32.2. The van der Waals surface area contributed by atoms with Gasteiger partial charge in [-0.25, -0.2) is 17.7 Å². The average Bonchev–Trinajstić information content (AvgIpc) is 3.56. The van der Waals surface area contributed by atoms with Crippen LogP contribution in [0.25, 0.3) is 22.6 Å². The molecule has 0 amide bonds. The fourth-order valence-corrected chi connectivity index (χ4v) is 6.44. The zero-order chi connectivity index (χ0) is 25.4. The van der Waals surface area contributed by atoms with Gasteiger partial charge < -0.3 is 14.5 Å². The molecule has 0 radical (unpaired) electrons. The Morgan fingerprint density at radius 1 is 1.03 bits per heavy atom. The van der Waals surface area contributed by atoms with Crippen LogP contribution in [0, 0.1) is 6.92 Å². The maximum atomic E-state index is 13.0. The predicted octanol–water partition coefficient (Wildman–Crippen LogP) is 4.28. The lowest BCUT2D eigenvalue weighted by Gasteiger charge is -2.30. The van der Waals surface area contributed by atoms with Gasteiger partial charge in [-0.15, -0.1) is 0 Å². The molecule has 1 saturated heterocycles. The van der Waals surface area contributed by atoms with Crippen LogP contribution in [0.1, 0.15) is 35.8 Å². The molecule has 0 aliphatic carbocycles. The van der Waals surface area contributed by atoms with Crippen LogP contribution in [-0.2, 0) is 15.8 Å². The van der Waals surface area contributed by atoms with E-state index >= 15 is 0 Å². The van der Waals surface area contributed by atoms with Crippen molar-refractivity contribution in [1.82, 2.24) is 24.2 Å². The summed E-state index contributed by atoms with van der Waals surface area (Å²) in [6.45, 7) is 3.07. The zero-order valence-corrected chi connectivity index (χ0v) is 21.2. The number of aromatic amines is 1. The molecular formula is C27H27N5O4S. The van der Waals surface area contributed by atoms with Crippen LogP contribution < -0.4 is 9.47 Å². The lowest BCUT2D eigenvalue weighted by Crippen LogP contribution is -2.38. The van der Waals surface area contributed by atoms with E-state index in [0.29, 0.717) is 37.2 Å². The number of rotatable bonds is 6. The number of hydrogen-bond donors (Lipinski definition) is 1. The summed E-state index contributed by atoms with van der Waals surface area (Å²) >= 11 is 0. The topological polar surface area (TPSA) is 110 Å². The molecule has 2 aliphatic rings. The van der Waals surface area contributed by atoms with E-state index in [9.17, 15) is 8.42 Å². The molecule has 0 atom stereocenters. The summed E-state index contributed by atoms with van der Waals surface area (Å²) < 4.78 is 38.6. The van der Waals surface area contributed by atoms with Crippen LogP contribution in [0.2, 0.25) is 0 Å². The Hall–Kier alpha value is -3.76. The van der Waals surface area contributed by atoms with E-state index in [1.165, 1.54) is 0 Å². The molecule has 0 saturated carbocycles. The lowest BCUT2D eigenvalue weighted by molar-refractivity contribution is 0.174. The standard InChI is InChI=1S/C27H27N5O4S/c1-18-4-2-6-22(29-18)26-25(21-7-8-23-24(14-21)36-17-35-23)30-27(31-26)20-9-12-32(13-10-20)37(33,34)16-19-5-3-11-28-15-19/h2-8,11,14-15,20H,9-10,12-13,16-17H2,1H3,(H,30,31). The molecule has 1 aromatic carbocycles. The minimum absolute atomic E-state index is 0.0380. The molecule has 190 valence electrons. The van der Waals surface area contributed by atoms with E-state index < -0.39 is 10.0 Å². The maximum absolute atomic E-state index is 13.0. The third kappa shape index (κ3) is 4.82. The quantitative estimate of drug-likeness (QED) is 0.406. The number of nitrogens with zero attached hydrogens (tertiary/aromatic N) is 4. The molecule has 0 bridgehead atoms. The Morgan fingerprint density at radius 3 is 2.65 bits per heavy atom. The number of sulfonamides is 1. The van der Waals surface area contributed by atoms with Gasteiger partial charge >= 0.3 is 0 Å². The zero-order valence-electron chi connectivity index (χ0n) is 20.4. The van der Waals surface area contributed by atoms with Crippen LogP contribution >= 0.6 is 0 Å². The van der Waals surface area contributed by atoms with Gasteiger partial charge in [0.1, 0.15) is 5.82 Å². The first-order chi connectivity index (χ1) is 18.0. The number of fused-ring (bicyclic) bond motifs is 1. The number of aryl methyl sites for hydroxylation is 1. The second-order valence-electron chi connectivity index (χ2n) is 9.37. The molecule has 1 fully saturated rings. The van der Waals surface area contributed by atoms with Gasteiger partial charge in [0.25, 0.3) is 0 Å². The van der Waals surface area contributed by atoms with Crippen LogP contribution in [0.3, 0.4) is 0 Å². The van der Waals surface area contributed by atoms with Crippen molar-refractivity contribution in [1.29, 1.82) is 0 Å². The Balaban J connectivity index is 1.27. The number of pyridine rings is 2. The van der Waals surface area contributed by atoms with E-state index in [1.54, 1.807) is 28.8 Å². The molecule has 37 heavy (non-hydrogen) atoms. The molecule has 10 heteroatoms. The third-order valence-corrected chi connectivity index (χ3v) is 8.67. The smallest absolute Gasteiger partial charge is 0.231 e. The Bertz CT molecular complexity index is 1530. The summed E-state index contributed by atoms with van der Waals surface area (Å²) in [4.78, 5) is 17.3. The summed E-state index contributed by atoms with van der Waals surface area (Å²) in [5.41, 5.74) is 4.95. The van der Waals surface area contributed by atoms with Gasteiger partial charge in [0.05, 0.1) is 22.8 Å². The number of ether oxygens (including phenoxy) is 2. The van der Waals surface area contributed by atoms with Crippen LogP contribution in [0.4, 0.5) is 0 Å². The number of benzene rings is 1. The number of hydrogen-bond acceptors (Lipinski definition) is 7. The van der Waals surface area contributed by atoms with Crippen LogP contribution in [-0.4, -0.2) is 52.5 Å². The van der Waals surface area contributed by atoms with Crippen molar-refractivity contribution in [2.24, 2.45) is 0 Å². The minimum Gasteiger partial charge on any atom is -0.454 e. The molecule has 1 N–H and O–H groups in total. The molecule has 2 aliphatic heterocycles. The fourth-order valence-electron chi connectivity index (χ4n) is 4.90. The molecular weight excluding hydrogens is 490 g/mol. The van der Waals surface area contributed by atoms with Crippen LogP contribution in [0.15, 0.2) is 60.9 Å². The largest absolute Gasteiger partial charge is 0.454 e. The summed E-state index contributed by atoms with van der Waals surface area (Å²) in [5, 5.41) is 0. The van der Waals surface area contributed by atoms with Crippen molar-refractivity contribution < 1.29 is 17.9 Å². The SMILES string of the molecule is Cc1cccc(-c2[nH]c(C3CCN(S(=O)(=O)Cc4cccnc4)CC3)nc2-c2ccc3c(c2)OCO3)n1. The van der Waals surface area contributed by atoms with Crippen LogP contribution in [0.5, 0.6) is 11.5 Å². The second kappa shape index (κ2) is 9.60. The molecule has 0 unspecified atom stereocenters. The lowest BCUT2D eigenvalue weighted by atomic mass is 9.97. The summed E-state index contributed by atoms with van der Waals surface area (Å²) in [7, 11) is -3.41. The Kier molecular flexibility index (Phi) is 6.13. The van der Waals surface area contributed by atoms with Gasteiger partial charge in [0.2, 0.25) is 16.8 Å². The van der Waals surface area contributed by atoms with E-state index in [2.05, 4.69) is 9.97 Å². The Morgan fingerprint density at radius 2 is 1.86 bits per heavy atom. The number of aromatic nitrogens is 4.